The molecule has 1 amide bonds. The molecule has 3 rings (SSSR count). The lowest BCUT2D eigenvalue weighted by Crippen LogP contribution is -2.13. The summed E-state index contributed by atoms with van der Waals surface area (Å²) in [6.07, 6.45) is 3.22. The zero-order valence-corrected chi connectivity index (χ0v) is 16.2. The van der Waals surface area contributed by atoms with Gasteiger partial charge in [0.15, 0.2) is 0 Å². The van der Waals surface area contributed by atoms with Gasteiger partial charge in [0.25, 0.3) is 5.91 Å². The number of carbonyl (C=O) groups is 1. The summed E-state index contributed by atoms with van der Waals surface area (Å²) in [6, 6.07) is 15.2. The van der Waals surface area contributed by atoms with Crippen molar-refractivity contribution in [3.05, 3.63) is 77.1 Å². The van der Waals surface area contributed by atoms with Crippen LogP contribution in [0.1, 0.15) is 15.9 Å². The first kappa shape index (κ1) is 18.7. The average molecular weight is 381 g/mol. The molecule has 2 aromatic carbocycles. The van der Waals surface area contributed by atoms with Crippen LogP contribution < -0.4 is 15.5 Å². The van der Waals surface area contributed by atoms with Gasteiger partial charge in [-0.05, 0) is 55.0 Å². The maximum absolute atomic E-state index is 12.6. The second kappa shape index (κ2) is 8.10. The number of amides is 1. The van der Waals surface area contributed by atoms with Gasteiger partial charge in [-0.3, -0.25) is 9.78 Å². The Morgan fingerprint density at radius 1 is 1.04 bits per heavy atom. The molecule has 0 aliphatic heterocycles. The van der Waals surface area contributed by atoms with Crippen molar-refractivity contribution in [1.29, 1.82) is 0 Å². The molecule has 0 saturated heterocycles. The van der Waals surface area contributed by atoms with E-state index in [1.54, 1.807) is 24.4 Å². The Bertz CT molecular complexity index is 955. The number of hydrogen-bond acceptors (Lipinski definition) is 4. The van der Waals surface area contributed by atoms with E-state index in [9.17, 15) is 4.79 Å². The van der Waals surface area contributed by atoms with Gasteiger partial charge in [-0.2, -0.15) is 0 Å². The van der Waals surface area contributed by atoms with E-state index in [-0.39, 0.29) is 5.91 Å². The maximum Gasteiger partial charge on any atom is 0.257 e. The Kier molecular flexibility index (Phi) is 5.62. The van der Waals surface area contributed by atoms with E-state index in [0.717, 1.165) is 22.6 Å². The largest absolute Gasteiger partial charge is 0.378 e. The van der Waals surface area contributed by atoms with Gasteiger partial charge in [-0.1, -0.05) is 17.7 Å². The first-order valence-corrected chi connectivity index (χ1v) is 8.88. The predicted molar refractivity (Wildman–Crippen MR) is 112 cm³/mol. The summed E-state index contributed by atoms with van der Waals surface area (Å²) in [6.45, 7) is 1.87. The molecule has 0 spiro atoms. The van der Waals surface area contributed by atoms with Gasteiger partial charge < -0.3 is 15.5 Å². The molecule has 3 aromatic rings. The Hall–Kier alpha value is -3.05. The number of halogens is 1. The van der Waals surface area contributed by atoms with Gasteiger partial charge in [0.05, 0.1) is 17.4 Å². The van der Waals surface area contributed by atoms with E-state index < -0.39 is 0 Å². The minimum atomic E-state index is -0.237. The lowest BCUT2D eigenvalue weighted by molar-refractivity contribution is 0.102. The molecule has 5 nitrogen and oxygen atoms in total. The SMILES string of the molecule is Cc1c(Cl)cccc1NC(=O)c1cncc(Nc2ccc(N(C)C)cc2)c1. The van der Waals surface area contributed by atoms with Crippen LogP contribution >= 0.6 is 11.6 Å². The van der Waals surface area contributed by atoms with E-state index in [4.69, 9.17) is 11.6 Å². The molecule has 0 fully saturated rings. The molecular weight excluding hydrogens is 360 g/mol. The topological polar surface area (TPSA) is 57.3 Å². The highest BCUT2D eigenvalue weighted by atomic mass is 35.5. The van der Waals surface area contributed by atoms with Gasteiger partial charge >= 0.3 is 0 Å². The Labute approximate surface area is 164 Å². The van der Waals surface area contributed by atoms with E-state index in [1.807, 2.05) is 56.3 Å². The minimum absolute atomic E-state index is 0.237. The zero-order valence-electron chi connectivity index (χ0n) is 15.5. The molecule has 0 atom stereocenters. The fraction of sp³-hybridized carbons (Fsp3) is 0.143. The number of benzene rings is 2. The lowest BCUT2D eigenvalue weighted by atomic mass is 10.2. The number of carbonyl (C=O) groups excluding carboxylic acids is 1. The van der Waals surface area contributed by atoms with Crippen LogP contribution in [0.15, 0.2) is 60.9 Å². The molecule has 0 bridgehead atoms. The third-order valence-electron chi connectivity index (χ3n) is 4.19. The fourth-order valence-electron chi connectivity index (χ4n) is 2.58. The Morgan fingerprint density at radius 3 is 2.48 bits per heavy atom. The van der Waals surface area contributed by atoms with Crippen molar-refractivity contribution in [3.8, 4) is 0 Å². The van der Waals surface area contributed by atoms with Crippen LogP contribution in [0, 0.1) is 6.92 Å². The van der Waals surface area contributed by atoms with Crippen molar-refractivity contribution in [2.24, 2.45) is 0 Å². The molecule has 1 heterocycles. The molecule has 0 radical (unpaired) electrons. The normalized spacial score (nSPS) is 10.4. The van der Waals surface area contributed by atoms with Crippen LogP contribution in [0.25, 0.3) is 0 Å². The van der Waals surface area contributed by atoms with Gasteiger partial charge in [-0.15, -0.1) is 0 Å². The van der Waals surface area contributed by atoms with Crippen LogP contribution in [-0.2, 0) is 0 Å². The van der Waals surface area contributed by atoms with E-state index in [0.29, 0.717) is 16.3 Å². The van der Waals surface area contributed by atoms with E-state index in [2.05, 4.69) is 15.6 Å². The second-order valence-corrected chi connectivity index (χ2v) is 6.80. The quantitative estimate of drug-likeness (QED) is 0.646. The second-order valence-electron chi connectivity index (χ2n) is 6.40. The maximum atomic E-state index is 12.6. The molecule has 0 aliphatic rings. The van der Waals surface area contributed by atoms with Gasteiger partial charge in [0, 0.05) is 42.4 Å². The lowest BCUT2D eigenvalue weighted by Gasteiger charge is -2.14. The number of nitrogens with one attached hydrogen (secondary N) is 2. The summed E-state index contributed by atoms with van der Waals surface area (Å²) in [4.78, 5) is 18.8. The first-order valence-electron chi connectivity index (χ1n) is 8.50. The minimum Gasteiger partial charge on any atom is -0.378 e. The zero-order chi connectivity index (χ0) is 19.4. The number of pyridine rings is 1. The van der Waals surface area contributed by atoms with Crippen molar-refractivity contribution < 1.29 is 4.79 Å². The fourth-order valence-corrected chi connectivity index (χ4v) is 2.75. The highest BCUT2D eigenvalue weighted by Crippen LogP contribution is 2.24. The highest BCUT2D eigenvalue weighted by Gasteiger charge is 2.10. The van der Waals surface area contributed by atoms with Crippen LogP contribution in [0.3, 0.4) is 0 Å². The molecule has 1 aromatic heterocycles. The number of rotatable bonds is 5. The van der Waals surface area contributed by atoms with Crippen LogP contribution in [0.5, 0.6) is 0 Å². The molecule has 6 heteroatoms. The smallest absolute Gasteiger partial charge is 0.257 e. The molecular formula is C21H21ClN4O. The standard InChI is InChI=1S/C21H21ClN4O/c1-14-19(22)5-4-6-20(14)25-21(27)15-11-17(13-23-12-15)24-16-7-9-18(10-8-16)26(2)3/h4-13,24H,1-3H3,(H,25,27). The molecule has 0 saturated carbocycles. The van der Waals surface area contributed by atoms with Crippen LogP contribution in [-0.4, -0.2) is 25.0 Å². The number of nitrogens with zero attached hydrogens (tertiary/aromatic N) is 2. The molecule has 138 valence electrons. The predicted octanol–water partition coefficient (Wildman–Crippen LogP) is 5.11. The van der Waals surface area contributed by atoms with Crippen molar-refractivity contribution in [2.45, 2.75) is 6.92 Å². The van der Waals surface area contributed by atoms with Crippen LogP contribution in [0.4, 0.5) is 22.7 Å². The molecule has 2 N–H and O–H groups in total. The summed E-state index contributed by atoms with van der Waals surface area (Å²) in [5.74, 6) is -0.237. The van der Waals surface area contributed by atoms with Gasteiger partial charge in [0.2, 0.25) is 0 Å². The third-order valence-corrected chi connectivity index (χ3v) is 4.60. The third kappa shape index (κ3) is 4.57. The summed E-state index contributed by atoms with van der Waals surface area (Å²) in [7, 11) is 3.99. The van der Waals surface area contributed by atoms with Crippen molar-refractivity contribution >= 4 is 40.3 Å². The summed E-state index contributed by atoms with van der Waals surface area (Å²) in [5.41, 5.74) is 4.75. The van der Waals surface area contributed by atoms with Crippen molar-refractivity contribution in [3.63, 3.8) is 0 Å². The van der Waals surface area contributed by atoms with E-state index >= 15 is 0 Å². The van der Waals surface area contributed by atoms with Gasteiger partial charge in [0.1, 0.15) is 0 Å². The van der Waals surface area contributed by atoms with Gasteiger partial charge in [-0.25, -0.2) is 0 Å². The Morgan fingerprint density at radius 2 is 1.78 bits per heavy atom. The molecule has 27 heavy (non-hydrogen) atoms. The highest BCUT2D eigenvalue weighted by molar-refractivity contribution is 6.31. The van der Waals surface area contributed by atoms with E-state index in [1.165, 1.54) is 6.20 Å². The van der Waals surface area contributed by atoms with Crippen molar-refractivity contribution in [1.82, 2.24) is 4.98 Å². The molecule has 0 aliphatic carbocycles. The summed E-state index contributed by atoms with van der Waals surface area (Å²) < 4.78 is 0. The summed E-state index contributed by atoms with van der Waals surface area (Å²) >= 11 is 6.11. The summed E-state index contributed by atoms with van der Waals surface area (Å²) in [5, 5.41) is 6.76. The number of anilines is 4. The first-order chi connectivity index (χ1) is 12.9. The van der Waals surface area contributed by atoms with Crippen molar-refractivity contribution in [2.75, 3.05) is 29.6 Å². The molecule has 0 unspecified atom stereocenters. The average Bonchev–Trinajstić information content (AvgIpc) is 2.66. The van der Waals surface area contributed by atoms with Crippen LogP contribution in [0.2, 0.25) is 5.02 Å². The number of hydrogen-bond donors (Lipinski definition) is 2. The Balaban J connectivity index is 1.74. The monoisotopic (exact) mass is 380 g/mol. The number of aromatic nitrogens is 1.